The molecule has 2 aromatic rings. The molecule has 0 aliphatic carbocycles. The van der Waals surface area contributed by atoms with Crippen LogP contribution in [0.4, 0.5) is 5.69 Å². The highest BCUT2D eigenvalue weighted by molar-refractivity contribution is 8.16. The molecule has 232 valence electrons. The Hall–Kier alpha value is -3.00. The Balaban J connectivity index is 2.09. The quantitative estimate of drug-likeness (QED) is 0.0504. The highest BCUT2D eigenvalue weighted by atomic mass is 32.2. The van der Waals surface area contributed by atoms with Crippen LogP contribution < -0.4 is 4.74 Å². The molecule has 1 fully saturated rings. The lowest BCUT2D eigenvalue weighted by Crippen LogP contribution is -2.63. The largest absolute Gasteiger partial charge is 0.456 e. The van der Waals surface area contributed by atoms with Gasteiger partial charge in [-0.05, 0) is 72.2 Å². The van der Waals surface area contributed by atoms with Crippen LogP contribution in [0.5, 0.6) is 5.75 Å². The third kappa shape index (κ3) is 8.78. The number of amides is 1. The first-order valence-corrected chi connectivity index (χ1v) is 16.5. The number of benzene rings is 2. The van der Waals surface area contributed by atoms with Gasteiger partial charge >= 0.3 is 5.97 Å². The van der Waals surface area contributed by atoms with Gasteiger partial charge in [0, 0.05) is 22.4 Å². The zero-order valence-corrected chi connectivity index (χ0v) is 27.3. The molecular weight excluding hydrogens is 613 g/mol. The second-order valence-corrected chi connectivity index (χ2v) is 14.3. The van der Waals surface area contributed by atoms with Crippen molar-refractivity contribution in [3.05, 3.63) is 75.0 Å². The number of aliphatic hydroxyl groups is 1. The maximum Gasteiger partial charge on any atom is 0.359 e. The van der Waals surface area contributed by atoms with E-state index in [1.165, 1.54) is 47.9 Å². The molecule has 1 heterocycles. The number of hydrogen-bond donors (Lipinski definition) is 1. The molecule has 0 aromatic heterocycles. The SMILES string of the molecule is CCSc1ccc(OC(SC(=O)C(C)(C)C)=C(C(=O)OCc2ccc([N+](=O)[O-])cc2)N2C(=O)[C@H]([C@@H](C)O)[C@H]2SCC)cc1. The Bertz CT molecular complexity index is 1350. The minimum atomic E-state index is -0.970. The first kappa shape index (κ1) is 34.5. The molecule has 1 aliphatic heterocycles. The van der Waals surface area contributed by atoms with Gasteiger partial charge in [0.05, 0.1) is 22.3 Å². The predicted molar refractivity (Wildman–Crippen MR) is 169 cm³/mol. The van der Waals surface area contributed by atoms with Gasteiger partial charge in [-0.25, -0.2) is 4.79 Å². The van der Waals surface area contributed by atoms with Crippen LogP contribution in [0.3, 0.4) is 0 Å². The standard InChI is InChI=1S/C30H36N2O8S3/c1-7-41-22-15-13-21(14-16-22)40-28(43-29(36)30(4,5)6)24(31-25(34)23(18(3)33)26(31)42-8-2)27(35)39-17-19-9-11-20(12-10-19)32(37)38/h9-16,18,23,26,33H,7-8,17H2,1-6H3/t18-,23+,26-/m1/s1. The number of nitrogens with zero attached hydrogens (tertiary/aromatic N) is 2. The van der Waals surface area contributed by atoms with E-state index < -0.39 is 39.6 Å². The Morgan fingerprint density at radius 2 is 1.70 bits per heavy atom. The van der Waals surface area contributed by atoms with E-state index in [4.69, 9.17) is 9.47 Å². The summed E-state index contributed by atoms with van der Waals surface area (Å²) in [7, 11) is 0. The molecule has 0 bridgehead atoms. The van der Waals surface area contributed by atoms with E-state index in [-0.39, 0.29) is 28.2 Å². The van der Waals surface area contributed by atoms with E-state index in [0.29, 0.717) is 28.8 Å². The predicted octanol–water partition coefficient (Wildman–Crippen LogP) is 6.22. The van der Waals surface area contributed by atoms with Gasteiger partial charge in [0.2, 0.25) is 11.0 Å². The third-order valence-corrected chi connectivity index (χ3v) is 9.56. The van der Waals surface area contributed by atoms with Crippen molar-refractivity contribution in [3.8, 4) is 5.75 Å². The summed E-state index contributed by atoms with van der Waals surface area (Å²) in [6, 6.07) is 12.7. The topological polar surface area (TPSA) is 136 Å². The number of carbonyl (C=O) groups excluding carboxylic acids is 3. The van der Waals surface area contributed by atoms with Crippen molar-refractivity contribution in [3.63, 3.8) is 0 Å². The van der Waals surface area contributed by atoms with Gasteiger partial charge in [-0.1, -0.05) is 34.6 Å². The van der Waals surface area contributed by atoms with E-state index in [2.05, 4.69) is 0 Å². The summed E-state index contributed by atoms with van der Waals surface area (Å²) < 4.78 is 11.8. The van der Waals surface area contributed by atoms with Crippen LogP contribution in [0, 0.1) is 21.4 Å². The van der Waals surface area contributed by atoms with Gasteiger partial charge in [0.25, 0.3) is 5.69 Å². The Morgan fingerprint density at radius 3 is 2.21 bits per heavy atom. The fraction of sp³-hybridized carbons (Fsp3) is 0.433. The van der Waals surface area contributed by atoms with E-state index >= 15 is 0 Å². The second kappa shape index (κ2) is 15.1. The number of carbonyl (C=O) groups is 3. The number of rotatable bonds is 13. The smallest absolute Gasteiger partial charge is 0.359 e. The molecule has 3 rings (SSSR count). The Morgan fingerprint density at radius 1 is 1.07 bits per heavy atom. The molecule has 0 unspecified atom stereocenters. The molecule has 1 N–H and O–H groups in total. The van der Waals surface area contributed by atoms with Gasteiger partial charge < -0.3 is 14.6 Å². The molecule has 2 aromatic carbocycles. The molecule has 1 aliphatic rings. The molecule has 0 spiro atoms. The zero-order valence-electron chi connectivity index (χ0n) is 24.9. The van der Waals surface area contributed by atoms with E-state index in [1.807, 2.05) is 26.0 Å². The van der Waals surface area contributed by atoms with Crippen LogP contribution in [0.25, 0.3) is 0 Å². The summed E-state index contributed by atoms with van der Waals surface area (Å²) in [6.07, 6.45) is -0.970. The van der Waals surface area contributed by atoms with Crippen LogP contribution in [0.15, 0.2) is 64.2 Å². The van der Waals surface area contributed by atoms with Crippen molar-refractivity contribution in [2.45, 2.75) is 64.5 Å². The number of ether oxygens (including phenoxy) is 2. The second-order valence-electron chi connectivity index (χ2n) is 10.6. The molecule has 0 saturated carbocycles. The molecule has 13 heteroatoms. The number of hydrogen-bond acceptors (Lipinski definition) is 11. The minimum absolute atomic E-state index is 0.110. The maximum absolute atomic E-state index is 13.8. The van der Waals surface area contributed by atoms with Crippen LogP contribution >= 0.6 is 35.3 Å². The lowest BCUT2D eigenvalue weighted by Gasteiger charge is -2.48. The van der Waals surface area contributed by atoms with E-state index in [0.717, 1.165) is 10.6 Å². The van der Waals surface area contributed by atoms with Crippen LogP contribution in [0.1, 0.15) is 47.1 Å². The summed E-state index contributed by atoms with van der Waals surface area (Å²) >= 11 is 3.72. The maximum atomic E-state index is 13.8. The monoisotopic (exact) mass is 648 g/mol. The van der Waals surface area contributed by atoms with Crippen molar-refractivity contribution in [2.75, 3.05) is 11.5 Å². The van der Waals surface area contributed by atoms with Gasteiger partial charge in [0.15, 0.2) is 10.8 Å². The molecule has 0 radical (unpaired) electrons. The average Bonchev–Trinajstić information content (AvgIpc) is 2.94. The van der Waals surface area contributed by atoms with Crippen LogP contribution in [-0.4, -0.2) is 54.9 Å². The molecule has 10 nitrogen and oxygen atoms in total. The zero-order chi connectivity index (χ0) is 31.9. The number of nitro groups is 1. The van der Waals surface area contributed by atoms with Crippen molar-refractivity contribution >= 4 is 58.0 Å². The highest BCUT2D eigenvalue weighted by Crippen LogP contribution is 2.43. The van der Waals surface area contributed by atoms with Crippen molar-refractivity contribution in [1.29, 1.82) is 0 Å². The Labute approximate surface area is 264 Å². The summed E-state index contributed by atoms with van der Waals surface area (Å²) in [4.78, 5) is 53.3. The summed E-state index contributed by atoms with van der Waals surface area (Å²) in [6.45, 7) is 10.4. The highest BCUT2D eigenvalue weighted by Gasteiger charge is 2.54. The van der Waals surface area contributed by atoms with Gasteiger partial charge in [-0.3, -0.25) is 24.6 Å². The van der Waals surface area contributed by atoms with Crippen molar-refractivity contribution in [1.82, 2.24) is 4.90 Å². The lowest BCUT2D eigenvalue weighted by molar-refractivity contribution is -0.384. The fourth-order valence-electron chi connectivity index (χ4n) is 3.96. The number of non-ortho nitro benzene ring substituents is 1. The molecule has 43 heavy (non-hydrogen) atoms. The van der Waals surface area contributed by atoms with Crippen molar-refractivity contribution in [2.24, 2.45) is 11.3 Å². The third-order valence-electron chi connectivity index (χ3n) is 6.23. The minimum Gasteiger partial charge on any atom is -0.456 e. The van der Waals surface area contributed by atoms with E-state index in [9.17, 15) is 29.6 Å². The first-order chi connectivity index (χ1) is 20.3. The number of aliphatic hydroxyl groups excluding tert-OH is 1. The summed E-state index contributed by atoms with van der Waals surface area (Å²) in [5.74, 6) is -0.363. The molecule has 1 amide bonds. The molecule has 1 saturated heterocycles. The van der Waals surface area contributed by atoms with Gasteiger partial charge in [-0.15, -0.1) is 23.5 Å². The number of thioether (sulfide) groups is 3. The average molecular weight is 649 g/mol. The number of esters is 1. The van der Waals surface area contributed by atoms with Crippen molar-refractivity contribution < 1.29 is 33.9 Å². The fourth-order valence-corrected chi connectivity index (χ4v) is 6.76. The summed E-state index contributed by atoms with van der Waals surface area (Å²) in [5.41, 5.74) is -0.682. The molecule has 3 atom stereocenters. The van der Waals surface area contributed by atoms with Gasteiger partial charge in [-0.2, -0.15) is 0 Å². The van der Waals surface area contributed by atoms with Gasteiger partial charge in [0.1, 0.15) is 12.4 Å². The number of nitro benzene ring substituents is 1. The van der Waals surface area contributed by atoms with Crippen LogP contribution in [0.2, 0.25) is 0 Å². The van der Waals surface area contributed by atoms with E-state index in [1.54, 1.807) is 44.7 Å². The number of β-lactam (4-membered cyclic amide) rings is 1. The normalized spacial score (nSPS) is 17.9. The van der Waals surface area contributed by atoms with Crippen LogP contribution in [-0.2, 0) is 25.7 Å². The first-order valence-electron chi connectivity index (χ1n) is 13.7. The molecular formula is C30H36N2O8S3. The Kier molecular flexibility index (Phi) is 12.1. The lowest BCUT2D eigenvalue weighted by atomic mass is 9.92. The number of likely N-dealkylation sites (tertiary alicyclic amines) is 1. The summed E-state index contributed by atoms with van der Waals surface area (Å²) in [5, 5.41) is 20.3.